The zero-order chi connectivity index (χ0) is 10.4. The fourth-order valence-electron chi connectivity index (χ4n) is 3.88. The molecule has 3 rings (SSSR count). The van der Waals surface area contributed by atoms with Gasteiger partial charge in [-0.3, -0.25) is 4.79 Å². The Balaban J connectivity index is 1.69. The molecule has 0 amide bonds. The molecule has 0 aromatic carbocycles. The van der Waals surface area contributed by atoms with E-state index in [1.807, 2.05) is 6.92 Å². The lowest BCUT2D eigenvalue weighted by Crippen LogP contribution is -2.32. The van der Waals surface area contributed by atoms with Gasteiger partial charge in [0.05, 0.1) is 0 Å². The number of hydrogen-bond acceptors (Lipinski definition) is 2. The van der Waals surface area contributed by atoms with Gasteiger partial charge < -0.3 is 4.74 Å². The van der Waals surface area contributed by atoms with Crippen LogP contribution in [0.1, 0.15) is 32.6 Å². The number of allylic oxidation sites excluding steroid dienone is 2. The molecule has 0 heterocycles. The van der Waals surface area contributed by atoms with Gasteiger partial charge in [-0.1, -0.05) is 19.1 Å². The highest BCUT2D eigenvalue weighted by Gasteiger charge is 2.53. The smallest absolute Gasteiger partial charge is 0.305 e. The van der Waals surface area contributed by atoms with Gasteiger partial charge in [-0.05, 0) is 42.9 Å². The van der Waals surface area contributed by atoms with Gasteiger partial charge in [0.15, 0.2) is 0 Å². The SMILES string of the molecule is CCC(=O)O[C@H]1C[C@@H]2C[C@H]1[C@H]1CC=C[C@H]21. The van der Waals surface area contributed by atoms with Crippen LogP contribution in [0.2, 0.25) is 0 Å². The van der Waals surface area contributed by atoms with Gasteiger partial charge in [0.25, 0.3) is 0 Å². The topological polar surface area (TPSA) is 26.3 Å². The first-order valence-corrected chi connectivity index (χ1v) is 6.15. The first kappa shape index (κ1) is 9.44. The molecule has 5 atom stereocenters. The van der Waals surface area contributed by atoms with Crippen LogP contribution in [0, 0.1) is 23.7 Å². The lowest BCUT2D eigenvalue weighted by Gasteiger charge is -2.30. The van der Waals surface area contributed by atoms with Gasteiger partial charge in [0, 0.05) is 6.42 Å². The second kappa shape index (κ2) is 3.36. The Kier molecular flexibility index (Phi) is 2.11. The van der Waals surface area contributed by atoms with E-state index in [2.05, 4.69) is 12.2 Å². The monoisotopic (exact) mass is 206 g/mol. The molecule has 0 spiro atoms. The maximum Gasteiger partial charge on any atom is 0.305 e. The van der Waals surface area contributed by atoms with E-state index in [1.54, 1.807) is 0 Å². The van der Waals surface area contributed by atoms with Crippen LogP contribution >= 0.6 is 0 Å². The van der Waals surface area contributed by atoms with E-state index < -0.39 is 0 Å². The molecule has 0 N–H and O–H groups in total. The number of fused-ring (bicyclic) bond motifs is 5. The summed E-state index contributed by atoms with van der Waals surface area (Å²) in [6.07, 6.45) is 9.09. The highest BCUT2D eigenvalue weighted by atomic mass is 16.5. The summed E-state index contributed by atoms with van der Waals surface area (Å²) >= 11 is 0. The average molecular weight is 206 g/mol. The molecule has 2 saturated carbocycles. The number of ether oxygens (including phenoxy) is 1. The molecule has 0 radical (unpaired) electrons. The van der Waals surface area contributed by atoms with Crippen LogP contribution in [0.15, 0.2) is 12.2 Å². The molecule has 82 valence electrons. The number of rotatable bonds is 2. The van der Waals surface area contributed by atoms with Crippen molar-refractivity contribution >= 4 is 5.97 Å². The summed E-state index contributed by atoms with van der Waals surface area (Å²) in [5, 5.41) is 0. The van der Waals surface area contributed by atoms with Crippen molar-refractivity contribution in [3.8, 4) is 0 Å². The van der Waals surface area contributed by atoms with Crippen molar-refractivity contribution in [2.75, 3.05) is 0 Å². The van der Waals surface area contributed by atoms with Crippen molar-refractivity contribution in [3.63, 3.8) is 0 Å². The minimum absolute atomic E-state index is 0.0185. The summed E-state index contributed by atoms with van der Waals surface area (Å²) < 4.78 is 5.54. The molecule has 2 nitrogen and oxygen atoms in total. The van der Waals surface area contributed by atoms with Crippen LogP contribution in [-0.2, 0) is 9.53 Å². The zero-order valence-electron chi connectivity index (χ0n) is 9.19. The predicted octanol–water partition coefficient (Wildman–Crippen LogP) is 2.54. The summed E-state index contributed by atoms with van der Waals surface area (Å²) in [6, 6.07) is 0. The van der Waals surface area contributed by atoms with E-state index in [-0.39, 0.29) is 12.1 Å². The van der Waals surface area contributed by atoms with E-state index in [1.165, 1.54) is 12.8 Å². The van der Waals surface area contributed by atoms with Crippen LogP contribution in [0.25, 0.3) is 0 Å². The molecule has 3 aliphatic carbocycles. The Morgan fingerprint density at radius 1 is 1.40 bits per heavy atom. The normalized spacial score (nSPS) is 45.8. The Hall–Kier alpha value is -0.790. The van der Waals surface area contributed by atoms with Gasteiger partial charge in [0.1, 0.15) is 6.10 Å². The molecule has 3 aliphatic rings. The number of carbonyl (C=O) groups is 1. The first-order chi connectivity index (χ1) is 7.29. The van der Waals surface area contributed by atoms with Crippen molar-refractivity contribution in [1.29, 1.82) is 0 Å². The molecular weight excluding hydrogens is 188 g/mol. The van der Waals surface area contributed by atoms with Crippen LogP contribution in [0.4, 0.5) is 0 Å². The summed E-state index contributed by atoms with van der Waals surface area (Å²) in [4.78, 5) is 11.3. The maximum atomic E-state index is 11.3. The molecule has 2 fully saturated rings. The van der Waals surface area contributed by atoms with Gasteiger partial charge in [0.2, 0.25) is 0 Å². The van der Waals surface area contributed by atoms with Crippen LogP contribution in [0.3, 0.4) is 0 Å². The number of esters is 1. The molecular formula is C13H18O2. The van der Waals surface area contributed by atoms with E-state index >= 15 is 0 Å². The molecule has 0 unspecified atom stereocenters. The van der Waals surface area contributed by atoms with E-state index in [9.17, 15) is 4.79 Å². The van der Waals surface area contributed by atoms with Crippen molar-refractivity contribution in [1.82, 2.24) is 0 Å². The maximum absolute atomic E-state index is 11.3. The van der Waals surface area contributed by atoms with E-state index in [4.69, 9.17) is 4.74 Å². The number of carbonyl (C=O) groups excluding carboxylic acids is 1. The zero-order valence-corrected chi connectivity index (χ0v) is 9.19. The molecule has 2 heteroatoms. The molecule has 0 aromatic rings. The molecule has 15 heavy (non-hydrogen) atoms. The van der Waals surface area contributed by atoms with Crippen molar-refractivity contribution in [3.05, 3.63) is 12.2 Å². The van der Waals surface area contributed by atoms with Crippen molar-refractivity contribution in [2.45, 2.75) is 38.7 Å². The fraction of sp³-hybridized carbons (Fsp3) is 0.769. The van der Waals surface area contributed by atoms with E-state index in [0.717, 1.165) is 24.2 Å². The van der Waals surface area contributed by atoms with Gasteiger partial charge in [-0.2, -0.15) is 0 Å². The summed E-state index contributed by atoms with van der Waals surface area (Å²) in [7, 11) is 0. The molecule has 2 bridgehead atoms. The van der Waals surface area contributed by atoms with Crippen molar-refractivity contribution in [2.24, 2.45) is 23.7 Å². The van der Waals surface area contributed by atoms with Gasteiger partial charge >= 0.3 is 5.97 Å². The minimum atomic E-state index is -0.0185. The Morgan fingerprint density at radius 3 is 3.07 bits per heavy atom. The van der Waals surface area contributed by atoms with Crippen LogP contribution in [-0.4, -0.2) is 12.1 Å². The number of hydrogen-bond donors (Lipinski definition) is 0. The minimum Gasteiger partial charge on any atom is -0.462 e. The largest absolute Gasteiger partial charge is 0.462 e. The van der Waals surface area contributed by atoms with Crippen LogP contribution in [0.5, 0.6) is 0 Å². The summed E-state index contributed by atoms with van der Waals surface area (Å²) in [5.74, 6) is 3.04. The molecule has 0 saturated heterocycles. The third-order valence-corrected chi connectivity index (χ3v) is 4.51. The third kappa shape index (κ3) is 1.34. The average Bonchev–Trinajstić information content (AvgIpc) is 2.87. The second-order valence-corrected chi connectivity index (χ2v) is 5.18. The quantitative estimate of drug-likeness (QED) is 0.512. The third-order valence-electron chi connectivity index (χ3n) is 4.51. The highest BCUT2D eigenvalue weighted by molar-refractivity contribution is 5.69. The van der Waals surface area contributed by atoms with Crippen molar-refractivity contribution < 1.29 is 9.53 Å². The Labute approximate surface area is 90.7 Å². The summed E-state index contributed by atoms with van der Waals surface area (Å²) in [6.45, 7) is 1.87. The van der Waals surface area contributed by atoms with Gasteiger partial charge in [-0.25, -0.2) is 0 Å². The Morgan fingerprint density at radius 2 is 2.27 bits per heavy atom. The van der Waals surface area contributed by atoms with Crippen LogP contribution < -0.4 is 0 Å². The first-order valence-electron chi connectivity index (χ1n) is 6.15. The predicted molar refractivity (Wildman–Crippen MR) is 57.1 cm³/mol. The standard InChI is InChI=1S/C13H18O2/c1-2-13(14)15-12-7-8-6-11(12)10-5-3-4-9(8)10/h3-4,8-12H,2,5-7H2,1H3/t8-,9+,10-,11-,12-/m0/s1. The molecule has 0 aromatic heterocycles. The van der Waals surface area contributed by atoms with E-state index in [0.29, 0.717) is 12.3 Å². The second-order valence-electron chi connectivity index (χ2n) is 5.18. The highest BCUT2D eigenvalue weighted by Crippen LogP contribution is 2.57. The fourth-order valence-corrected chi connectivity index (χ4v) is 3.88. The Bertz CT molecular complexity index is 308. The lowest BCUT2D eigenvalue weighted by atomic mass is 9.80. The molecule has 0 aliphatic heterocycles. The lowest BCUT2D eigenvalue weighted by molar-refractivity contribution is -0.152. The summed E-state index contributed by atoms with van der Waals surface area (Å²) in [5.41, 5.74) is 0. The van der Waals surface area contributed by atoms with Gasteiger partial charge in [-0.15, -0.1) is 0 Å².